The molecule has 1 saturated heterocycles. The first-order chi connectivity index (χ1) is 16.9. The molecule has 3 aromatic rings. The number of carboxylic acids is 1. The predicted octanol–water partition coefficient (Wildman–Crippen LogP) is 2.75. The van der Waals surface area contributed by atoms with Crippen molar-refractivity contribution in [2.24, 2.45) is 7.05 Å². The number of nitrogens with one attached hydrogen (secondary N) is 2. The zero-order valence-electron chi connectivity index (χ0n) is 18.9. The number of hydrogen-bond acceptors (Lipinski definition) is 6. The Balaban J connectivity index is 1.26. The Morgan fingerprint density at radius 2 is 1.77 bits per heavy atom. The van der Waals surface area contributed by atoms with Crippen LogP contribution in [0.3, 0.4) is 0 Å². The molecule has 1 aliphatic heterocycles. The Labute approximate surface area is 200 Å². The van der Waals surface area contributed by atoms with E-state index in [1.54, 1.807) is 7.05 Å². The van der Waals surface area contributed by atoms with E-state index in [0.29, 0.717) is 6.42 Å². The zero-order chi connectivity index (χ0) is 24.5. The topological polar surface area (TPSA) is 132 Å². The fourth-order valence-electron chi connectivity index (χ4n) is 4.76. The summed E-state index contributed by atoms with van der Waals surface area (Å²) in [6.07, 6.45) is -0.126. The molecule has 0 radical (unpaired) electrons. The second-order valence-electron chi connectivity index (χ2n) is 8.48. The van der Waals surface area contributed by atoms with Crippen LogP contribution in [0, 0.1) is 0 Å². The van der Waals surface area contributed by atoms with Crippen molar-refractivity contribution in [1.82, 2.24) is 15.1 Å². The molecule has 1 fully saturated rings. The van der Waals surface area contributed by atoms with Crippen LogP contribution in [-0.2, 0) is 21.3 Å². The highest BCUT2D eigenvalue weighted by Gasteiger charge is 2.36. The second kappa shape index (κ2) is 9.22. The summed E-state index contributed by atoms with van der Waals surface area (Å²) in [5, 5.41) is 18.6. The molecule has 35 heavy (non-hydrogen) atoms. The summed E-state index contributed by atoms with van der Waals surface area (Å²) in [6, 6.07) is 15.4. The molecule has 5 rings (SSSR count). The fraction of sp³-hybridized carbons (Fsp3) is 0.280. The van der Waals surface area contributed by atoms with E-state index in [2.05, 4.69) is 27.9 Å². The fourth-order valence-corrected chi connectivity index (χ4v) is 4.76. The Morgan fingerprint density at radius 3 is 2.43 bits per heavy atom. The van der Waals surface area contributed by atoms with Gasteiger partial charge in [0.25, 0.3) is 5.91 Å². The Morgan fingerprint density at radius 1 is 1.11 bits per heavy atom. The molecule has 0 spiro atoms. The highest BCUT2D eigenvalue weighted by molar-refractivity contribution is 6.01. The van der Waals surface area contributed by atoms with E-state index in [0.717, 1.165) is 22.3 Å². The van der Waals surface area contributed by atoms with Crippen LogP contribution in [0.25, 0.3) is 11.1 Å². The summed E-state index contributed by atoms with van der Waals surface area (Å²) < 4.78 is 12.0. The molecule has 2 atom stereocenters. The molecule has 1 aromatic heterocycles. The van der Waals surface area contributed by atoms with Crippen molar-refractivity contribution >= 4 is 23.7 Å². The number of ether oxygens (including phenoxy) is 2. The number of fused-ring (bicyclic) bond motifs is 3. The van der Waals surface area contributed by atoms with Gasteiger partial charge in [-0.2, -0.15) is 5.10 Å². The predicted molar refractivity (Wildman–Crippen MR) is 125 cm³/mol. The van der Waals surface area contributed by atoms with Crippen LogP contribution in [0.2, 0.25) is 0 Å². The summed E-state index contributed by atoms with van der Waals surface area (Å²) in [5.41, 5.74) is 4.67. The third-order valence-corrected chi connectivity index (χ3v) is 6.39. The number of aromatic nitrogens is 2. The Kier molecular flexibility index (Phi) is 5.96. The van der Waals surface area contributed by atoms with E-state index in [1.165, 1.54) is 10.9 Å². The van der Waals surface area contributed by atoms with Gasteiger partial charge in [-0.3, -0.25) is 14.8 Å². The molecule has 2 amide bonds. The maximum atomic E-state index is 12.9. The van der Waals surface area contributed by atoms with Crippen LogP contribution in [-0.4, -0.2) is 58.2 Å². The van der Waals surface area contributed by atoms with Crippen molar-refractivity contribution in [2.45, 2.75) is 24.5 Å². The lowest BCUT2D eigenvalue weighted by molar-refractivity contribution is -0.148. The number of nitrogens with zero attached hydrogens (tertiary/aromatic N) is 2. The number of aliphatic carboxylic acids is 1. The van der Waals surface area contributed by atoms with Gasteiger partial charge in [-0.1, -0.05) is 48.5 Å². The van der Waals surface area contributed by atoms with E-state index in [9.17, 15) is 19.5 Å². The highest BCUT2D eigenvalue weighted by Crippen LogP contribution is 2.44. The lowest BCUT2D eigenvalue weighted by Crippen LogP contribution is -2.44. The summed E-state index contributed by atoms with van der Waals surface area (Å²) in [5.74, 6) is -1.81. The van der Waals surface area contributed by atoms with Gasteiger partial charge in [0.15, 0.2) is 6.10 Å². The number of carboxylic acid groups (broad SMARTS) is 1. The minimum atomic E-state index is -1.14. The zero-order valence-corrected chi connectivity index (χ0v) is 18.9. The Hall–Kier alpha value is -4.18. The molecule has 10 nitrogen and oxygen atoms in total. The molecule has 2 aliphatic rings. The van der Waals surface area contributed by atoms with Gasteiger partial charge in [-0.15, -0.1) is 0 Å². The van der Waals surface area contributed by atoms with E-state index < -0.39 is 30.1 Å². The van der Waals surface area contributed by atoms with Crippen LogP contribution in [0.15, 0.2) is 54.7 Å². The molecule has 0 bridgehead atoms. The second-order valence-corrected chi connectivity index (χ2v) is 8.48. The van der Waals surface area contributed by atoms with E-state index >= 15 is 0 Å². The lowest BCUT2D eigenvalue weighted by Gasteiger charge is -2.17. The molecule has 1 aliphatic carbocycles. The number of hydrogen-bond donors (Lipinski definition) is 3. The molecular weight excluding hydrogens is 452 g/mol. The molecule has 3 N–H and O–H groups in total. The highest BCUT2D eigenvalue weighted by atomic mass is 16.5. The average molecular weight is 476 g/mol. The third-order valence-electron chi connectivity index (χ3n) is 6.39. The lowest BCUT2D eigenvalue weighted by atomic mass is 9.98. The van der Waals surface area contributed by atoms with Gasteiger partial charge in [0.2, 0.25) is 0 Å². The van der Waals surface area contributed by atoms with Crippen molar-refractivity contribution in [3.8, 4) is 11.1 Å². The average Bonchev–Trinajstić information content (AvgIpc) is 3.54. The van der Waals surface area contributed by atoms with Gasteiger partial charge in [0.1, 0.15) is 12.3 Å². The van der Waals surface area contributed by atoms with Gasteiger partial charge >= 0.3 is 12.1 Å². The number of rotatable bonds is 6. The van der Waals surface area contributed by atoms with Gasteiger partial charge in [0, 0.05) is 19.6 Å². The maximum Gasteiger partial charge on any atom is 0.411 e. The van der Waals surface area contributed by atoms with Gasteiger partial charge in [-0.05, 0) is 28.7 Å². The SMILES string of the molecule is Cn1ncc(NC(=O)OCC2c3ccccc3-c3ccccc32)c1C(=O)N[C@H]1CCO[C@H]1C(=O)O. The molecule has 0 unspecified atom stereocenters. The monoisotopic (exact) mass is 476 g/mol. The van der Waals surface area contributed by atoms with Gasteiger partial charge in [-0.25, -0.2) is 9.59 Å². The minimum absolute atomic E-state index is 0.0783. The minimum Gasteiger partial charge on any atom is -0.479 e. The first kappa shape index (κ1) is 22.6. The summed E-state index contributed by atoms with van der Waals surface area (Å²) in [7, 11) is 1.55. The van der Waals surface area contributed by atoms with Gasteiger partial charge in [0.05, 0.1) is 17.9 Å². The van der Waals surface area contributed by atoms with Crippen molar-refractivity contribution in [3.63, 3.8) is 0 Å². The molecular formula is C25H24N4O6. The van der Waals surface area contributed by atoms with Gasteiger partial charge < -0.3 is 19.9 Å². The number of carbonyl (C=O) groups excluding carboxylic acids is 2. The number of amides is 2. The van der Waals surface area contributed by atoms with Crippen molar-refractivity contribution < 1.29 is 29.0 Å². The van der Waals surface area contributed by atoms with E-state index in [1.807, 2.05) is 36.4 Å². The first-order valence-electron chi connectivity index (χ1n) is 11.2. The molecule has 2 aromatic carbocycles. The largest absolute Gasteiger partial charge is 0.479 e. The molecule has 0 saturated carbocycles. The quantitative estimate of drug-likeness (QED) is 0.498. The summed E-state index contributed by atoms with van der Waals surface area (Å²) >= 11 is 0. The normalized spacial score (nSPS) is 18.5. The number of aryl methyl sites for hydroxylation is 1. The van der Waals surface area contributed by atoms with E-state index in [4.69, 9.17) is 9.47 Å². The number of anilines is 1. The Bertz CT molecular complexity index is 1260. The summed E-state index contributed by atoms with van der Waals surface area (Å²) in [6.45, 7) is 0.361. The van der Waals surface area contributed by atoms with Crippen molar-refractivity contribution in [1.29, 1.82) is 0 Å². The van der Waals surface area contributed by atoms with E-state index in [-0.39, 0.29) is 30.5 Å². The van der Waals surface area contributed by atoms with Crippen LogP contribution < -0.4 is 10.6 Å². The van der Waals surface area contributed by atoms with Crippen LogP contribution >= 0.6 is 0 Å². The molecule has 180 valence electrons. The van der Waals surface area contributed by atoms with Crippen LogP contribution in [0.4, 0.5) is 10.5 Å². The smallest absolute Gasteiger partial charge is 0.411 e. The van der Waals surface area contributed by atoms with Crippen LogP contribution in [0.5, 0.6) is 0 Å². The standard InChI is InChI=1S/C25H24N4O6/c1-29-21(23(30)27-19-10-11-34-22(19)24(31)32)20(12-26-29)28-25(33)35-13-18-16-8-4-2-6-14(16)15-7-3-5-9-17(15)18/h2-9,12,18-19,22H,10-11,13H2,1H3,(H,27,30)(H,28,33)(H,31,32)/t19-,22+/m0/s1. The summed E-state index contributed by atoms with van der Waals surface area (Å²) in [4.78, 5) is 36.9. The van der Waals surface area contributed by atoms with Crippen molar-refractivity contribution in [3.05, 3.63) is 71.5 Å². The van der Waals surface area contributed by atoms with Crippen LogP contribution in [0.1, 0.15) is 34.0 Å². The maximum absolute atomic E-state index is 12.9. The first-order valence-corrected chi connectivity index (χ1v) is 11.2. The number of benzene rings is 2. The number of carbonyl (C=O) groups is 3. The third kappa shape index (κ3) is 4.24. The molecule has 10 heteroatoms. The molecule has 2 heterocycles. The van der Waals surface area contributed by atoms with Crippen molar-refractivity contribution in [2.75, 3.05) is 18.5 Å².